The summed E-state index contributed by atoms with van der Waals surface area (Å²) in [5.74, 6) is 0.788. The van der Waals surface area contributed by atoms with Gasteiger partial charge >= 0.3 is 0 Å². The Bertz CT molecular complexity index is 403. The zero-order chi connectivity index (χ0) is 13.2. The second kappa shape index (κ2) is 8.32. The summed E-state index contributed by atoms with van der Waals surface area (Å²) in [5, 5.41) is 8.65. The zero-order valence-corrected chi connectivity index (χ0v) is 10.8. The smallest absolute Gasteiger partial charge is 0.119 e. The number of hydrogen-bond donors (Lipinski definition) is 0. The lowest BCUT2D eigenvalue weighted by Gasteiger charge is -2.07. The Labute approximate surface area is 109 Å². The maximum atomic E-state index is 8.65. The lowest BCUT2D eigenvalue weighted by Crippen LogP contribution is -2.04. The van der Waals surface area contributed by atoms with E-state index in [9.17, 15) is 0 Å². The van der Waals surface area contributed by atoms with E-state index < -0.39 is 0 Å². The third-order valence-corrected chi connectivity index (χ3v) is 2.36. The third kappa shape index (κ3) is 6.07. The zero-order valence-electron chi connectivity index (χ0n) is 10.8. The van der Waals surface area contributed by atoms with E-state index in [1.807, 2.05) is 6.92 Å². The first-order valence-electron chi connectivity index (χ1n) is 6.07. The summed E-state index contributed by atoms with van der Waals surface area (Å²) in [6.07, 6.45) is 1.77. The first-order chi connectivity index (χ1) is 8.72. The van der Waals surface area contributed by atoms with Crippen molar-refractivity contribution in [1.82, 2.24) is 0 Å². The number of hydrogen-bond acceptors (Lipinski definition) is 3. The molecule has 0 aliphatic heterocycles. The summed E-state index contributed by atoms with van der Waals surface area (Å²) < 4.78 is 11.0. The fraction of sp³-hybridized carbons (Fsp3) is 0.400. The van der Waals surface area contributed by atoms with Gasteiger partial charge in [0.25, 0.3) is 0 Å². The molecule has 0 aromatic heterocycles. The van der Waals surface area contributed by atoms with Gasteiger partial charge in [-0.3, -0.25) is 0 Å². The molecule has 1 rings (SSSR count). The highest BCUT2D eigenvalue weighted by Gasteiger charge is 1.95. The molecule has 0 saturated heterocycles. The van der Waals surface area contributed by atoms with E-state index in [1.165, 1.54) is 0 Å². The predicted molar refractivity (Wildman–Crippen MR) is 71.5 cm³/mol. The van der Waals surface area contributed by atoms with Crippen LogP contribution >= 0.6 is 0 Å². The highest BCUT2D eigenvalue weighted by Crippen LogP contribution is 2.11. The maximum absolute atomic E-state index is 8.65. The van der Waals surface area contributed by atoms with Crippen LogP contribution in [0.1, 0.15) is 25.3 Å². The summed E-state index contributed by atoms with van der Waals surface area (Å²) in [7, 11) is 0. The molecular weight excluding hydrogens is 226 g/mol. The molecule has 18 heavy (non-hydrogen) atoms. The van der Waals surface area contributed by atoms with Gasteiger partial charge in [0, 0.05) is 13.0 Å². The minimum absolute atomic E-state index is 0.624. The van der Waals surface area contributed by atoms with Crippen LogP contribution in [-0.4, -0.2) is 19.8 Å². The number of benzene rings is 1. The lowest BCUT2D eigenvalue weighted by molar-refractivity contribution is 0.122. The third-order valence-electron chi connectivity index (χ3n) is 2.36. The van der Waals surface area contributed by atoms with E-state index in [1.54, 1.807) is 24.3 Å². The Balaban J connectivity index is 2.07. The Morgan fingerprint density at radius 2 is 1.94 bits per heavy atom. The van der Waals surface area contributed by atoms with Crippen molar-refractivity contribution in [3.05, 3.63) is 42.0 Å². The molecule has 0 spiro atoms. The largest absolute Gasteiger partial charge is 0.494 e. The minimum atomic E-state index is 0.624. The van der Waals surface area contributed by atoms with Gasteiger partial charge in [0.1, 0.15) is 5.75 Å². The molecule has 3 heteroatoms. The standard InChI is InChI=1S/C15H19NO2/c1-13(2)8-11-17-9-3-10-18-15-6-4-14(12-16)5-7-15/h4-7H,1,3,8-11H2,2H3. The molecular formula is C15H19NO2. The van der Waals surface area contributed by atoms with Crippen LogP contribution in [0.5, 0.6) is 5.75 Å². The van der Waals surface area contributed by atoms with Crippen LogP contribution in [0.15, 0.2) is 36.4 Å². The maximum Gasteiger partial charge on any atom is 0.119 e. The number of rotatable bonds is 8. The summed E-state index contributed by atoms with van der Waals surface area (Å²) >= 11 is 0. The highest BCUT2D eigenvalue weighted by molar-refractivity contribution is 5.34. The monoisotopic (exact) mass is 245 g/mol. The summed E-state index contributed by atoms with van der Waals surface area (Å²) in [6.45, 7) is 7.86. The van der Waals surface area contributed by atoms with Crippen LogP contribution in [0.3, 0.4) is 0 Å². The average Bonchev–Trinajstić information content (AvgIpc) is 2.38. The molecule has 0 radical (unpaired) electrons. The second-order valence-electron chi connectivity index (χ2n) is 4.16. The predicted octanol–water partition coefficient (Wildman–Crippen LogP) is 3.31. The van der Waals surface area contributed by atoms with Gasteiger partial charge in [-0.05, 0) is 37.6 Å². The Hall–Kier alpha value is -1.79. The van der Waals surface area contributed by atoms with E-state index >= 15 is 0 Å². The SMILES string of the molecule is C=C(C)CCOCCCOc1ccc(C#N)cc1. The number of nitriles is 1. The van der Waals surface area contributed by atoms with Crippen LogP contribution in [0, 0.1) is 11.3 Å². The molecule has 1 aromatic rings. The van der Waals surface area contributed by atoms with Gasteiger partial charge in [0.15, 0.2) is 0 Å². The first-order valence-corrected chi connectivity index (χ1v) is 6.07. The minimum Gasteiger partial charge on any atom is -0.494 e. The van der Waals surface area contributed by atoms with Crippen LogP contribution in [0.2, 0.25) is 0 Å². The Morgan fingerprint density at radius 1 is 1.22 bits per heavy atom. The molecule has 0 unspecified atom stereocenters. The van der Waals surface area contributed by atoms with Crippen molar-refractivity contribution >= 4 is 0 Å². The Morgan fingerprint density at radius 3 is 2.56 bits per heavy atom. The second-order valence-corrected chi connectivity index (χ2v) is 4.16. The van der Waals surface area contributed by atoms with Crippen LogP contribution in [-0.2, 0) is 4.74 Å². The van der Waals surface area contributed by atoms with E-state index in [4.69, 9.17) is 14.7 Å². The van der Waals surface area contributed by atoms with E-state index in [0.29, 0.717) is 18.8 Å². The van der Waals surface area contributed by atoms with Crippen molar-refractivity contribution in [2.75, 3.05) is 19.8 Å². The Kier molecular flexibility index (Phi) is 6.60. The molecule has 96 valence electrons. The lowest BCUT2D eigenvalue weighted by atomic mass is 10.2. The van der Waals surface area contributed by atoms with Crippen molar-refractivity contribution in [3.8, 4) is 11.8 Å². The molecule has 0 saturated carbocycles. The molecule has 0 aliphatic rings. The van der Waals surface area contributed by atoms with E-state index in [2.05, 4.69) is 12.6 Å². The molecule has 1 aromatic carbocycles. The fourth-order valence-corrected chi connectivity index (χ4v) is 1.33. The molecule has 0 fully saturated rings. The summed E-state index contributed by atoms with van der Waals surface area (Å²) in [4.78, 5) is 0. The highest BCUT2D eigenvalue weighted by atomic mass is 16.5. The van der Waals surface area contributed by atoms with E-state index in [-0.39, 0.29) is 0 Å². The number of nitrogens with zero attached hydrogens (tertiary/aromatic N) is 1. The summed E-state index contributed by atoms with van der Waals surface area (Å²) in [6, 6.07) is 9.18. The normalized spacial score (nSPS) is 9.78. The quantitative estimate of drug-likeness (QED) is 0.521. The molecule has 0 aliphatic carbocycles. The van der Waals surface area contributed by atoms with Crippen molar-refractivity contribution in [2.24, 2.45) is 0 Å². The molecule has 0 N–H and O–H groups in total. The van der Waals surface area contributed by atoms with Gasteiger partial charge in [0.05, 0.1) is 24.8 Å². The topological polar surface area (TPSA) is 42.2 Å². The van der Waals surface area contributed by atoms with E-state index in [0.717, 1.165) is 30.8 Å². The van der Waals surface area contributed by atoms with Gasteiger partial charge in [0.2, 0.25) is 0 Å². The van der Waals surface area contributed by atoms with Crippen molar-refractivity contribution < 1.29 is 9.47 Å². The molecule has 0 bridgehead atoms. The molecule has 0 heterocycles. The van der Waals surface area contributed by atoms with Gasteiger partial charge in [-0.2, -0.15) is 5.26 Å². The van der Waals surface area contributed by atoms with Crippen molar-refractivity contribution in [2.45, 2.75) is 19.8 Å². The number of ether oxygens (including phenoxy) is 2. The van der Waals surface area contributed by atoms with Crippen molar-refractivity contribution in [3.63, 3.8) is 0 Å². The first kappa shape index (κ1) is 14.3. The molecule has 0 atom stereocenters. The van der Waals surface area contributed by atoms with Gasteiger partial charge in [-0.1, -0.05) is 5.57 Å². The summed E-state index contributed by atoms with van der Waals surface area (Å²) in [5.41, 5.74) is 1.79. The molecule has 0 amide bonds. The van der Waals surface area contributed by atoms with Gasteiger partial charge < -0.3 is 9.47 Å². The fourth-order valence-electron chi connectivity index (χ4n) is 1.33. The average molecular weight is 245 g/mol. The van der Waals surface area contributed by atoms with Crippen LogP contribution < -0.4 is 4.74 Å². The van der Waals surface area contributed by atoms with Crippen LogP contribution in [0.4, 0.5) is 0 Å². The van der Waals surface area contributed by atoms with Gasteiger partial charge in [-0.25, -0.2) is 0 Å². The van der Waals surface area contributed by atoms with Gasteiger partial charge in [-0.15, -0.1) is 6.58 Å². The van der Waals surface area contributed by atoms with Crippen molar-refractivity contribution in [1.29, 1.82) is 5.26 Å². The molecule has 3 nitrogen and oxygen atoms in total. The van der Waals surface area contributed by atoms with Crippen LogP contribution in [0.25, 0.3) is 0 Å².